The minimum atomic E-state index is 0.792. The summed E-state index contributed by atoms with van der Waals surface area (Å²) in [7, 11) is 0. The molecule has 2 rings (SSSR count). The second-order valence-electron chi connectivity index (χ2n) is 4.70. The van der Waals surface area contributed by atoms with E-state index in [1.165, 1.54) is 0 Å². The second kappa shape index (κ2) is 6.19. The first-order valence-corrected chi connectivity index (χ1v) is 6.53. The van der Waals surface area contributed by atoms with Crippen molar-refractivity contribution in [2.45, 2.75) is 27.7 Å². The first-order valence-electron chi connectivity index (χ1n) is 6.53. The maximum absolute atomic E-state index is 4.42. The van der Waals surface area contributed by atoms with Gasteiger partial charge in [-0.15, -0.1) is 0 Å². The zero-order valence-corrected chi connectivity index (χ0v) is 12.3. The Morgan fingerprint density at radius 1 is 0.750 bits per heavy atom. The number of hydrogen-bond donors (Lipinski definition) is 0. The van der Waals surface area contributed by atoms with E-state index in [0.29, 0.717) is 0 Å². The van der Waals surface area contributed by atoms with Gasteiger partial charge >= 0.3 is 0 Å². The van der Waals surface area contributed by atoms with E-state index in [1.807, 2.05) is 64.1 Å². The van der Waals surface area contributed by atoms with Crippen LogP contribution in [0, 0.1) is 13.8 Å². The highest BCUT2D eigenvalue weighted by atomic mass is 15.2. The molecule has 0 unspecified atom stereocenters. The van der Waals surface area contributed by atoms with Gasteiger partial charge in [-0.1, -0.05) is 12.1 Å². The highest BCUT2D eigenvalue weighted by Crippen LogP contribution is 2.03. The van der Waals surface area contributed by atoms with Crippen LogP contribution in [0.4, 0.5) is 0 Å². The van der Waals surface area contributed by atoms with Crippen LogP contribution in [0.25, 0.3) is 0 Å². The van der Waals surface area contributed by atoms with E-state index in [0.717, 1.165) is 34.2 Å². The number of pyridine rings is 2. The van der Waals surface area contributed by atoms with Gasteiger partial charge in [-0.05, 0) is 52.0 Å². The van der Waals surface area contributed by atoms with Crippen molar-refractivity contribution in [2.75, 3.05) is 0 Å². The molecule has 4 nitrogen and oxygen atoms in total. The van der Waals surface area contributed by atoms with Crippen LogP contribution in [0.5, 0.6) is 0 Å². The highest BCUT2D eigenvalue weighted by Gasteiger charge is 2.01. The Bertz CT molecular complexity index is 612. The molecule has 102 valence electrons. The van der Waals surface area contributed by atoms with Crippen LogP contribution < -0.4 is 0 Å². The van der Waals surface area contributed by atoms with Crippen molar-refractivity contribution >= 4 is 11.4 Å². The molecule has 0 amide bonds. The topological polar surface area (TPSA) is 50.5 Å². The molecule has 0 saturated carbocycles. The van der Waals surface area contributed by atoms with Gasteiger partial charge in [0.25, 0.3) is 0 Å². The molecule has 0 radical (unpaired) electrons. The third-order valence-corrected chi connectivity index (χ3v) is 2.87. The molecule has 0 aliphatic carbocycles. The molecule has 20 heavy (non-hydrogen) atoms. The molecule has 2 aromatic rings. The van der Waals surface area contributed by atoms with Crippen LogP contribution in [-0.4, -0.2) is 21.4 Å². The predicted octanol–water partition coefficient (Wildman–Crippen LogP) is 3.33. The first kappa shape index (κ1) is 14.1. The molecule has 2 heterocycles. The number of nitrogens with zero attached hydrogens (tertiary/aromatic N) is 4. The minimum Gasteiger partial charge on any atom is -0.252 e. The van der Waals surface area contributed by atoms with Crippen LogP contribution >= 0.6 is 0 Å². The summed E-state index contributed by atoms with van der Waals surface area (Å²) in [5.41, 5.74) is 5.22. The summed E-state index contributed by atoms with van der Waals surface area (Å²) in [6.45, 7) is 7.73. The second-order valence-corrected chi connectivity index (χ2v) is 4.70. The van der Waals surface area contributed by atoms with Crippen molar-refractivity contribution in [3.8, 4) is 0 Å². The molecule has 0 aliphatic rings. The fourth-order valence-corrected chi connectivity index (χ4v) is 1.74. The molecule has 4 heteroatoms. The minimum absolute atomic E-state index is 0.792. The Morgan fingerprint density at radius 2 is 1.15 bits per heavy atom. The molecule has 0 aliphatic heterocycles. The first-order chi connectivity index (χ1) is 9.56. The molecule has 0 bridgehead atoms. The lowest BCUT2D eigenvalue weighted by atomic mass is 10.2. The summed E-state index contributed by atoms with van der Waals surface area (Å²) in [6, 6.07) is 11.7. The van der Waals surface area contributed by atoms with E-state index in [1.54, 1.807) is 0 Å². The van der Waals surface area contributed by atoms with Crippen LogP contribution in [0.3, 0.4) is 0 Å². The van der Waals surface area contributed by atoms with Gasteiger partial charge in [-0.3, -0.25) is 9.97 Å². The molecule has 0 atom stereocenters. The van der Waals surface area contributed by atoms with E-state index in [2.05, 4.69) is 20.2 Å². The Balaban J connectivity index is 2.24. The quantitative estimate of drug-likeness (QED) is 0.632. The molecule has 0 saturated heterocycles. The largest absolute Gasteiger partial charge is 0.252 e. The number of rotatable bonds is 3. The molecular formula is C16H18N4. The monoisotopic (exact) mass is 266 g/mol. The van der Waals surface area contributed by atoms with Gasteiger partial charge < -0.3 is 0 Å². The Morgan fingerprint density at radius 3 is 1.50 bits per heavy atom. The average molecular weight is 266 g/mol. The Hall–Kier alpha value is -2.36. The predicted molar refractivity (Wildman–Crippen MR) is 82.4 cm³/mol. The summed E-state index contributed by atoms with van der Waals surface area (Å²) >= 11 is 0. The van der Waals surface area contributed by atoms with Crippen LogP contribution in [0.15, 0.2) is 46.6 Å². The maximum Gasteiger partial charge on any atom is 0.0863 e. The fraction of sp³-hybridized carbons (Fsp3) is 0.250. The van der Waals surface area contributed by atoms with Crippen molar-refractivity contribution in [1.29, 1.82) is 0 Å². The lowest BCUT2D eigenvalue weighted by Crippen LogP contribution is -2.01. The van der Waals surface area contributed by atoms with Gasteiger partial charge in [-0.25, -0.2) is 0 Å². The van der Waals surface area contributed by atoms with Crippen LogP contribution in [0.1, 0.15) is 36.6 Å². The van der Waals surface area contributed by atoms with Gasteiger partial charge in [0.1, 0.15) is 0 Å². The summed E-state index contributed by atoms with van der Waals surface area (Å²) in [5, 5.41) is 8.49. The molecule has 0 aromatic carbocycles. The number of aryl methyl sites for hydroxylation is 2. The molecule has 0 spiro atoms. The lowest BCUT2D eigenvalue weighted by Gasteiger charge is -2.01. The van der Waals surface area contributed by atoms with E-state index in [4.69, 9.17) is 0 Å². The van der Waals surface area contributed by atoms with Gasteiger partial charge in [-0.2, -0.15) is 10.2 Å². The molecular weight excluding hydrogens is 248 g/mol. The van der Waals surface area contributed by atoms with Gasteiger partial charge in [0.05, 0.1) is 22.8 Å². The van der Waals surface area contributed by atoms with E-state index in [9.17, 15) is 0 Å². The van der Waals surface area contributed by atoms with Crippen molar-refractivity contribution in [2.24, 2.45) is 10.2 Å². The number of hydrogen-bond acceptors (Lipinski definition) is 4. The van der Waals surface area contributed by atoms with Crippen molar-refractivity contribution in [1.82, 2.24) is 9.97 Å². The van der Waals surface area contributed by atoms with Crippen LogP contribution in [0.2, 0.25) is 0 Å². The highest BCUT2D eigenvalue weighted by molar-refractivity contribution is 6.00. The lowest BCUT2D eigenvalue weighted by molar-refractivity contribution is 1.13. The third kappa shape index (κ3) is 3.57. The van der Waals surface area contributed by atoms with E-state index in [-0.39, 0.29) is 0 Å². The van der Waals surface area contributed by atoms with Crippen LogP contribution in [-0.2, 0) is 0 Å². The van der Waals surface area contributed by atoms with Gasteiger partial charge in [0.2, 0.25) is 0 Å². The van der Waals surface area contributed by atoms with E-state index < -0.39 is 0 Å². The average Bonchev–Trinajstić information content (AvgIpc) is 2.44. The Kier molecular flexibility index (Phi) is 4.35. The normalized spacial score (nSPS) is 12.6. The standard InChI is InChI=1S/C16H18N4/c1-11-7-5-9-15(17-11)13(3)19-20-14(4)16-10-6-8-12(2)18-16/h5-10H,1-4H3. The summed E-state index contributed by atoms with van der Waals surface area (Å²) in [5.74, 6) is 0. The smallest absolute Gasteiger partial charge is 0.0863 e. The fourth-order valence-electron chi connectivity index (χ4n) is 1.74. The zero-order chi connectivity index (χ0) is 14.5. The third-order valence-electron chi connectivity index (χ3n) is 2.87. The van der Waals surface area contributed by atoms with Crippen molar-refractivity contribution in [3.05, 3.63) is 59.2 Å². The SMILES string of the molecule is CC(=NN=C(C)c1cccc(C)n1)c1cccc(C)n1. The number of aromatic nitrogens is 2. The summed E-state index contributed by atoms with van der Waals surface area (Å²) < 4.78 is 0. The molecule has 0 N–H and O–H groups in total. The zero-order valence-electron chi connectivity index (χ0n) is 12.3. The maximum atomic E-state index is 4.42. The van der Waals surface area contributed by atoms with Gasteiger partial charge in [0.15, 0.2) is 0 Å². The van der Waals surface area contributed by atoms with Crippen molar-refractivity contribution < 1.29 is 0 Å². The summed E-state index contributed by atoms with van der Waals surface area (Å²) in [6.07, 6.45) is 0. The molecule has 2 aromatic heterocycles. The van der Waals surface area contributed by atoms with Crippen molar-refractivity contribution in [3.63, 3.8) is 0 Å². The van der Waals surface area contributed by atoms with Gasteiger partial charge in [0, 0.05) is 11.4 Å². The van der Waals surface area contributed by atoms with E-state index >= 15 is 0 Å². The molecule has 0 fully saturated rings. The summed E-state index contributed by atoms with van der Waals surface area (Å²) in [4.78, 5) is 8.84. The Labute approximate surface area is 119 Å².